The van der Waals surface area contributed by atoms with E-state index in [1.807, 2.05) is 13.8 Å². The zero-order chi connectivity index (χ0) is 22.0. The Hall–Kier alpha value is -2.82. The molecule has 4 heterocycles. The Morgan fingerprint density at radius 1 is 1.26 bits per heavy atom. The zero-order valence-electron chi connectivity index (χ0n) is 17.1. The van der Waals surface area contributed by atoms with Crippen LogP contribution < -0.4 is 14.8 Å². The minimum Gasteiger partial charge on any atom is -0.494 e. The minimum atomic E-state index is -0.391. The summed E-state index contributed by atoms with van der Waals surface area (Å²) in [5.74, 6) is 0.0988. The van der Waals surface area contributed by atoms with E-state index in [-0.39, 0.29) is 17.4 Å². The highest BCUT2D eigenvalue weighted by molar-refractivity contribution is 7.17. The first-order valence-electron chi connectivity index (χ1n) is 9.52. The van der Waals surface area contributed by atoms with E-state index in [0.29, 0.717) is 39.4 Å². The van der Waals surface area contributed by atoms with E-state index in [0.717, 1.165) is 23.5 Å². The molecule has 1 fully saturated rings. The molecule has 11 heteroatoms. The average Bonchev–Trinajstić information content (AvgIpc) is 3.36. The van der Waals surface area contributed by atoms with Gasteiger partial charge in [0.05, 0.1) is 31.6 Å². The van der Waals surface area contributed by atoms with Crippen LogP contribution in [0.25, 0.3) is 11.1 Å². The average molecular weight is 462 g/mol. The van der Waals surface area contributed by atoms with Gasteiger partial charge in [-0.15, -0.1) is 5.10 Å². The van der Waals surface area contributed by atoms with E-state index < -0.39 is 5.91 Å². The quantitative estimate of drug-likeness (QED) is 0.552. The van der Waals surface area contributed by atoms with Gasteiger partial charge in [-0.25, -0.2) is 4.98 Å². The zero-order valence-corrected chi connectivity index (χ0v) is 18.7. The van der Waals surface area contributed by atoms with Gasteiger partial charge in [0.15, 0.2) is 0 Å². The summed E-state index contributed by atoms with van der Waals surface area (Å²) in [4.78, 5) is 21.3. The Morgan fingerprint density at radius 3 is 2.84 bits per heavy atom. The van der Waals surface area contributed by atoms with Crippen molar-refractivity contribution < 1.29 is 19.0 Å². The molecule has 0 saturated carbocycles. The molecule has 2 unspecified atom stereocenters. The maximum atomic E-state index is 13.0. The molecule has 3 aromatic rings. The maximum Gasteiger partial charge on any atom is 0.296 e. The van der Waals surface area contributed by atoms with Gasteiger partial charge in [0.25, 0.3) is 11.1 Å². The highest BCUT2D eigenvalue weighted by Crippen LogP contribution is 2.34. The molecule has 31 heavy (non-hydrogen) atoms. The molecule has 1 amide bonds. The van der Waals surface area contributed by atoms with Gasteiger partial charge in [-0.2, -0.15) is 0 Å². The van der Waals surface area contributed by atoms with Crippen molar-refractivity contribution in [2.45, 2.75) is 32.5 Å². The Labute approximate surface area is 187 Å². The number of rotatable bonds is 6. The fourth-order valence-electron chi connectivity index (χ4n) is 3.23. The number of hydrogen-bond acceptors (Lipinski definition) is 9. The molecule has 0 aromatic carbocycles. The standard InChI is InChI=1S/C20H20ClN5O4S/c1-10-4-13(14-6-17(21)23-8-16(14)28-3)15(7-22-10)18(27)24-19-25-26-20(31-19)30-12-5-11(2)29-9-12/h4,6-8,11-12H,5,9H2,1-3H3,(H,24,25,27). The minimum absolute atomic E-state index is 0.0664. The van der Waals surface area contributed by atoms with Crippen molar-refractivity contribution >= 4 is 34.0 Å². The first kappa shape index (κ1) is 21.4. The van der Waals surface area contributed by atoms with Crippen LogP contribution in [0.2, 0.25) is 5.15 Å². The summed E-state index contributed by atoms with van der Waals surface area (Å²) in [5, 5.41) is 11.7. The fraction of sp³-hybridized carbons (Fsp3) is 0.350. The third-order valence-electron chi connectivity index (χ3n) is 4.69. The number of pyridine rings is 2. The van der Waals surface area contributed by atoms with Gasteiger partial charge < -0.3 is 14.2 Å². The van der Waals surface area contributed by atoms with Crippen molar-refractivity contribution in [2.24, 2.45) is 0 Å². The molecule has 162 valence electrons. The molecule has 9 nitrogen and oxygen atoms in total. The maximum absolute atomic E-state index is 13.0. The van der Waals surface area contributed by atoms with E-state index in [2.05, 4.69) is 25.5 Å². The van der Waals surface area contributed by atoms with Crippen LogP contribution >= 0.6 is 22.9 Å². The second kappa shape index (κ2) is 9.13. The number of halogens is 1. The molecule has 0 spiro atoms. The van der Waals surface area contributed by atoms with Crippen molar-refractivity contribution in [1.29, 1.82) is 0 Å². The van der Waals surface area contributed by atoms with Gasteiger partial charge >= 0.3 is 0 Å². The number of carbonyl (C=O) groups is 1. The van der Waals surface area contributed by atoms with Gasteiger partial charge in [0.1, 0.15) is 17.0 Å². The molecular weight excluding hydrogens is 442 g/mol. The number of hydrogen-bond donors (Lipinski definition) is 1. The van der Waals surface area contributed by atoms with Crippen LogP contribution in [-0.2, 0) is 4.74 Å². The Balaban J connectivity index is 1.57. The van der Waals surface area contributed by atoms with Crippen LogP contribution in [0, 0.1) is 6.92 Å². The molecule has 0 bridgehead atoms. The number of aryl methyl sites for hydroxylation is 1. The van der Waals surface area contributed by atoms with Crippen LogP contribution in [0.15, 0.2) is 24.5 Å². The van der Waals surface area contributed by atoms with Crippen molar-refractivity contribution in [3.63, 3.8) is 0 Å². The smallest absolute Gasteiger partial charge is 0.296 e. The molecule has 0 aliphatic carbocycles. The van der Waals surface area contributed by atoms with Gasteiger partial charge in [0.2, 0.25) is 5.13 Å². The van der Waals surface area contributed by atoms with E-state index in [1.54, 1.807) is 12.1 Å². The molecule has 0 radical (unpaired) electrons. The fourth-order valence-corrected chi connectivity index (χ4v) is 4.04. The lowest BCUT2D eigenvalue weighted by Gasteiger charge is -2.13. The van der Waals surface area contributed by atoms with E-state index >= 15 is 0 Å². The van der Waals surface area contributed by atoms with E-state index in [9.17, 15) is 4.79 Å². The largest absolute Gasteiger partial charge is 0.494 e. The van der Waals surface area contributed by atoms with Crippen LogP contribution in [0.3, 0.4) is 0 Å². The number of nitrogens with one attached hydrogen (secondary N) is 1. The van der Waals surface area contributed by atoms with Gasteiger partial charge in [0, 0.05) is 29.4 Å². The van der Waals surface area contributed by atoms with Gasteiger partial charge in [-0.05, 0) is 37.3 Å². The van der Waals surface area contributed by atoms with Crippen molar-refractivity contribution in [2.75, 3.05) is 19.0 Å². The molecule has 2 atom stereocenters. The predicted molar refractivity (Wildman–Crippen MR) is 116 cm³/mol. The molecule has 1 aliphatic heterocycles. The number of nitrogens with zero attached hydrogens (tertiary/aromatic N) is 4. The SMILES string of the molecule is COc1cnc(Cl)cc1-c1cc(C)ncc1C(=O)Nc1nnc(OC2COC(C)C2)s1. The number of ether oxygens (including phenoxy) is 3. The van der Waals surface area contributed by atoms with Crippen molar-refractivity contribution in [3.05, 3.63) is 40.9 Å². The normalized spacial score (nSPS) is 18.1. The van der Waals surface area contributed by atoms with Crippen LogP contribution in [0.5, 0.6) is 10.9 Å². The third-order valence-corrected chi connectivity index (χ3v) is 5.62. The summed E-state index contributed by atoms with van der Waals surface area (Å²) < 4.78 is 16.7. The lowest BCUT2D eigenvalue weighted by Crippen LogP contribution is -2.15. The molecule has 1 N–H and O–H groups in total. The second-order valence-corrected chi connectivity index (χ2v) is 8.35. The molecule has 4 rings (SSSR count). The summed E-state index contributed by atoms with van der Waals surface area (Å²) in [6.07, 6.45) is 3.89. The number of carbonyl (C=O) groups excluding carboxylic acids is 1. The highest BCUT2D eigenvalue weighted by atomic mass is 35.5. The Kier molecular flexibility index (Phi) is 6.30. The number of methoxy groups -OCH3 is 1. The monoisotopic (exact) mass is 461 g/mol. The third kappa shape index (κ3) is 4.92. The lowest BCUT2D eigenvalue weighted by molar-refractivity contribution is 0.102. The first-order chi connectivity index (χ1) is 14.9. The summed E-state index contributed by atoms with van der Waals surface area (Å²) in [6, 6.07) is 3.44. The van der Waals surface area contributed by atoms with Gasteiger partial charge in [-0.1, -0.05) is 16.7 Å². The molecule has 1 aliphatic rings. The van der Waals surface area contributed by atoms with Crippen molar-refractivity contribution in [1.82, 2.24) is 20.2 Å². The summed E-state index contributed by atoms with van der Waals surface area (Å²) in [7, 11) is 1.53. The van der Waals surface area contributed by atoms with Crippen LogP contribution in [-0.4, -0.2) is 52.0 Å². The second-order valence-electron chi connectivity index (χ2n) is 7.03. The summed E-state index contributed by atoms with van der Waals surface area (Å²) in [6.45, 7) is 4.34. The molecular formula is C20H20ClN5O4S. The first-order valence-corrected chi connectivity index (χ1v) is 10.7. The predicted octanol–water partition coefficient (Wildman–Crippen LogP) is 3.77. The Morgan fingerprint density at radius 2 is 2.10 bits per heavy atom. The topological polar surface area (TPSA) is 108 Å². The summed E-state index contributed by atoms with van der Waals surface area (Å²) in [5.41, 5.74) is 2.32. The van der Waals surface area contributed by atoms with E-state index in [4.69, 9.17) is 25.8 Å². The van der Waals surface area contributed by atoms with Crippen molar-refractivity contribution in [3.8, 4) is 22.1 Å². The molecule has 3 aromatic heterocycles. The van der Waals surface area contributed by atoms with E-state index in [1.165, 1.54) is 19.5 Å². The summed E-state index contributed by atoms with van der Waals surface area (Å²) >= 11 is 7.24. The van der Waals surface area contributed by atoms with Gasteiger partial charge in [-0.3, -0.25) is 15.1 Å². The highest BCUT2D eigenvalue weighted by Gasteiger charge is 2.25. The Bertz CT molecular complexity index is 1110. The van der Waals surface area contributed by atoms with Crippen LogP contribution in [0.1, 0.15) is 29.4 Å². The number of aromatic nitrogens is 4. The van der Waals surface area contributed by atoms with Crippen LogP contribution in [0.4, 0.5) is 5.13 Å². The number of anilines is 1. The lowest BCUT2D eigenvalue weighted by atomic mass is 10.0. The number of amides is 1. The molecule has 1 saturated heterocycles.